The molecule has 7 heteroatoms. The molecule has 0 fully saturated rings. The monoisotopic (exact) mass is 277 g/mol. The predicted molar refractivity (Wildman–Crippen MR) is 70.0 cm³/mol. The number of amides is 2. The fraction of sp³-hybridized carbons (Fsp3) is 0.308. The summed E-state index contributed by atoms with van der Waals surface area (Å²) in [6.07, 6.45) is 3.52. The van der Waals surface area contributed by atoms with Crippen molar-refractivity contribution in [3.63, 3.8) is 0 Å². The van der Waals surface area contributed by atoms with Crippen LogP contribution in [0.5, 0.6) is 0 Å². The fourth-order valence-electron chi connectivity index (χ4n) is 1.71. The van der Waals surface area contributed by atoms with E-state index in [0.29, 0.717) is 12.4 Å². The molecule has 0 aromatic carbocycles. The molecule has 2 aromatic heterocycles. The van der Waals surface area contributed by atoms with Crippen molar-refractivity contribution >= 4 is 17.6 Å². The molecule has 2 aromatic rings. The van der Waals surface area contributed by atoms with E-state index in [1.165, 1.54) is 23.5 Å². The van der Waals surface area contributed by atoms with E-state index >= 15 is 0 Å². The molecule has 1 N–H and O–H groups in total. The summed E-state index contributed by atoms with van der Waals surface area (Å²) in [6, 6.07) is 4.73. The molecule has 106 valence electrons. The lowest BCUT2D eigenvalue weighted by molar-refractivity contribution is -0.117. The van der Waals surface area contributed by atoms with Crippen LogP contribution in [0.3, 0.4) is 0 Å². The molecule has 0 radical (unpaired) electrons. The second kappa shape index (κ2) is 6.55. The molecule has 0 aliphatic rings. The van der Waals surface area contributed by atoms with Crippen LogP contribution < -0.4 is 5.32 Å². The van der Waals surface area contributed by atoms with E-state index < -0.39 is 0 Å². The first-order valence-corrected chi connectivity index (χ1v) is 6.23. The number of hydrogen-bond donors (Lipinski definition) is 1. The Kier molecular flexibility index (Phi) is 4.54. The summed E-state index contributed by atoms with van der Waals surface area (Å²) < 4.78 is 9.67. The molecule has 0 aliphatic carbocycles. The smallest absolute Gasteiger partial charge is 0.290 e. The van der Waals surface area contributed by atoms with Crippen molar-refractivity contribution in [3.8, 4) is 0 Å². The SMILES string of the molecule is CCCN(CC(=O)Nc1ccon1)C(=O)c1ccco1. The van der Waals surface area contributed by atoms with Gasteiger partial charge in [0, 0.05) is 12.6 Å². The average Bonchev–Trinajstić information content (AvgIpc) is 3.10. The van der Waals surface area contributed by atoms with Gasteiger partial charge in [0.15, 0.2) is 11.6 Å². The summed E-state index contributed by atoms with van der Waals surface area (Å²) in [4.78, 5) is 25.4. The highest BCUT2D eigenvalue weighted by atomic mass is 16.5. The van der Waals surface area contributed by atoms with Crippen LogP contribution in [-0.4, -0.2) is 35.0 Å². The topological polar surface area (TPSA) is 88.6 Å². The number of furan rings is 1. The van der Waals surface area contributed by atoms with Crippen molar-refractivity contribution in [2.45, 2.75) is 13.3 Å². The van der Waals surface area contributed by atoms with Crippen LogP contribution in [-0.2, 0) is 4.79 Å². The highest BCUT2D eigenvalue weighted by Gasteiger charge is 2.20. The Morgan fingerprint density at radius 3 is 2.80 bits per heavy atom. The van der Waals surface area contributed by atoms with Gasteiger partial charge in [0.05, 0.1) is 6.26 Å². The molecule has 2 heterocycles. The van der Waals surface area contributed by atoms with Crippen LogP contribution >= 0.6 is 0 Å². The van der Waals surface area contributed by atoms with E-state index in [4.69, 9.17) is 4.42 Å². The summed E-state index contributed by atoms with van der Waals surface area (Å²) in [6.45, 7) is 2.32. The number of nitrogens with zero attached hydrogens (tertiary/aromatic N) is 2. The molecule has 2 amide bonds. The molecule has 20 heavy (non-hydrogen) atoms. The lowest BCUT2D eigenvalue weighted by Crippen LogP contribution is -2.38. The molecule has 0 spiro atoms. The molecular formula is C13H15N3O4. The molecule has 0 atom stereocenters. The van der Waals surface area contributed by atoms with E-state index in [9.17, 15) is 9.59 Å². The van der Waals surface area contributed by atoms with E-state index in [1.807, 2.05) is 6.92 Å². The van der Waals surface area contributed by atoms with Crippen LogP contribution in [0.4, 0.5) is 5.82 Å². The first kappa shape index (κ1) is 13.9. The number of carbonyl (C=O) groups is 2. The molecular weight excluding hydrogens is 262 g/mol. The minimum Gasteiger partial charge on any atom is -0.459 e. The summed E-state index contributed by atoms with van der Waals surface area (Å²) in [5.41, 5.74) is 0. The van der Waals surface area contributed by atoms with Gasteiger partial charge >= 0.3 is 0 Å². The minimum atomic E-state index is -0.341. The zero-order valence-corrected chi connectivity index (χ0v) is 11.0. The number of hydrogen-bond acceptors (Lipinski definition) is 5. The number of nitrogens with one attached hydrogen (secondary N) is 1. The van der Waals surface area contributed by atoms with Gasteiger partial charge in [0.25, 0.3) is 5.91 Å². The van der Waals surface area contributed by atoms with Gasteiger partial charge in [-0.1, -0.05) is 12.1 Å². The van der Waals surface area contributed by atoms with E-state index in [2.05, 4.69) is 15.0 Å². The number of aromatic nitrogens is 1. The van der Waals surface area contributed by atoms with Crippen molar-refractivity contribution in [3.05, 3.63) is 36.5 Å². The lowest BCUT2D eigenvalue weighted by atomic mass is 10.3. The van der Waals surface area contributed by atoms with Gasteiger partial charge in [0.2, 0.25) is 5.91 Å². The summed E-state index contributed by atoms with van der Waals surface area (Å²) in [5, 5.41) is 6.12. The second-order valence-corrected chi connectivity index (χ2v) is 4.14. The molecule has 0 aliphatic heterocycles. The van der Waals surface area contributed by atoms with Gasteiger partial charge in [-0.2, -0.15) is 0 Å². The van der Waals surface area contributed by atoms with E-state index in [1.54, 1.807) is 12.1 Å². The Morgan fingerprint density at radius 1 is 1.35 bits per heavy atom. The maximum absolute atomic E-state index is 12.2. The third-order valence-corrected chi connectivity index (χ3v) is 2.55. The van der Waals surface area contributed by atoms with Gasteiger partial charge in [-0.05, 0) is 18.6 Å². The first-order chi connectivity index (χ1) is 9.70. The Bertz CT molecular complexity index is 548. The largest absolute Gasteiger partial charge is 0.459 e. The van der Waals surface area contributed by atoms with Crippen LogP contribution in [0.2, 0.25) is 0 Å². The van der Waals surface area contributed by atoms with Gasteiger partial charge in [0.1, 0.15) is 12.8 Å². The van der Waals surface area contributed by atoms with Crippen molar-refractivity contribution in [2.24, 2.45) is 0 Å². The third-order valence-electron chi connectivity index (χ3n) is 2.55. The number of carbonyl (C=O) groups excluding carboxylic acids is 2. The Morgan fingerprint density at radius 2 is 2.20 bits per heavy atom. The average molecular weight is 277 g/mol. The zero-order chi connectivity index (χ0) is 14.4. The van der Waals surface area contributed by atoms with Crippen molar-refractivity contribution in [1.29, 1.82) is 0 Å². The molecule has 0 saturated heterocycles. The quantitative estimate of drug-likeness (QED) is 0.869. The molecule has 0 unspecified atom stereocenters. The standard InChI is InChI=1S/C13H15N3O4/c1-2-6-16(13(18)10-4-3-7-19-10)9-12(17)14-11-5-8-20-15-11/h3-5,7-8H,2,6,9H2,1H3,(H,14,15,17). The maximum Gasteiger partial charge on any atom is 0.290 e. The Balaban J connectivity index is 1.98. The van der Waals surface area contributed by atoms with Crippen LogP contribution in [0.25, 0.3) is 0 Å². The number of rotatable bonds is 6. The van der Waals surface area contributed by atoms with Crippen LogP contribution in [0, 0.1) is 0 Å². The fourth-order valence-corrected chi connectivity index (χ4v) is 1.71. The second-order valence-electron chi connectivity index (χ2n) is 4.14. The minimum absolute atomic E-state index is 0.0692. The van der Waals surface area contributed by atoms with Crippen LogP contribution in [0.15, 0.2) is 39.7 Å². The highest BCUT2D eigenvalue weighted by molar-refractivity contribution is 5.97. The van der Waals surface area contributed by atoms with Crippen molar-refractivity contribution < 1.29 is 18.5 Å². The highest BCUT2D eigenvalue weighted by Crippen LogP contribution is 2.07. The molecule has 0 bridgehead atoms. The Hall–Kier alpha value is -2.57. The predicted octanol–water partition coefficient (Wildman–Crippen LogP) is 1.76. The summed E-state index contributed by atoms with van der Waals surface area (Å²) in [7, 11) is 0. The lowest BCUT2D eigenvalue weighted by Gasteiger charge is -2.19. The molecule has 2 rings (SSSR count). The van der Waals surface area contributed by atoms with Crippen molar-refractivity contribution in [2.75, 3.05) is 18.4 Å². The summed E-state index contributed by atoms with van der Waals surface area (Å²) in [5.74, 6) is -0.121. The van der Waals surface area contributed by atoms with E-state index in [-0.39, 0.29) is 24.1 Å². The van der Waals surface area contributed by atoms with Crippen molar-refractivity contribution in [1.82, 2.24) is 10.1 Å². The van der Waals surface area contributed by atoms with Gasteiger partial charge in [-0.3, -0.25) is 9.59 Å². The number of anilines is 1. The maximum atomic E-state index is 12.2. The van der Waals surface area contributed by atoms with Gasteiger partial charge in [-0.25, -0.2) is 0 Å². The Labute approximate surface area is 115 Å². The van der Waals surface area contributed by atoms with Gasteiger partial charge < -0.3 is 19.2 Å². The normalized spacial score (nSPS) is 10.2. The summed E-state index contributed by atoms with van der Waals surface area (Å²) >= 11 is 0. The first-order valence-electron chi connectivity index (χ1n) is 6.23. The van der Waals surface area contributed by atoms with Gasteiger partial charge in [-0.15, -0.1) is 0 Å². The molecule has 0 saturated carbocycles. The third kappa shape index (κ3) is 3.47. The zero-order valence-electron chi connectivity index (χ0n) is 11.0. The molecule has 7 nitrogen and oxygen atoms in total. The van der Waals surface area contributed by atoms with Crippen LogP contribution in [0.1, 0.15) is 23.9 Å². The van der Waals surface area contributed by atoms with E-state index in [0.717, 1.165) is 6.42 Å².